The van der Waals surface area contributed by atoms with Gasteiger partial charge in [0, 0.05) is 22.6 Å². The van der Waals surface area contributed by atoms with E-state index < -0.39 is 5.92 Å². The number of anilines is 1. The van der Waals surface area contributed by atoms with Crippen molar-refractivity contribution in [1.29, 1.82) is 5.26 Å². The van der Waals surface area contributed by atoms with Crippen LogP contribution in [0.1, 0.15) is 66.0 Å². The third-order valence-electron chi connectivity index (χ3n) is 7.14. The monoisotopic (exact) mass is 458 g/mol. The lowest BCUT2D eigenvalue weighted by Gasteiger charge is -2.40. The van der Waals surface area contributed by atoms with Gasteiger partial charge in [0.05, 0.1) is 23.1 Å². The third kappa shape index (κ3) is 3.01. The average molecular weight is 459 g/mol. The zero-order chi connectivity index (χ0) is 22.7. The molecule has 0 saturated carbocycles. The van der Waals surface area contributed by atoms with Crippen LogP contribution < -0.4 is 10.6 Å². The highest BCUT2D eigenvalue weighted by molar-refractivity contribution is 7.17. The molecule has 2 aliphatic carbocycles. The SMILES string of the molecule is N#CC1=C2N=C(N)c3c(sc4c3CCCCC4)N2C2=C(C(=O)CCC2)C1c1ccc(F)cc1. The number of carbonyl (C=O) groups is 1. The zero-order valence-electron chi connectivity index (χ0n) is 18.2. The molecule has 1 aromatic heterocycles. The second-order valence-corrected chi connectivity index (χ2v) is 10.1. The molecule has 166 valence electrons. The van der Waals surface area contributed by atoms with E-state index in [0.29, 0.717) is 29.2 Å². The molecule has 6 rings (SSSR count). The molecule has 1 unspecified atom stereocenters. The number of nitrogens with two attached hydrogens (primary N) is 1. The number of nitrogens with zero attached hydrogens (tertiary/aromatic N) is 3. The Labute approximate surface area is 195 Å². The topological polar surface area (TPSA) is 82.5 Å². The van der Waals surface area contributed by atoms with Gasteiger partial charge in [0.15, 0.2) is 11.6 Å². The van der Waals surface area contributed by atoms with E-state index in [0.717, 1.165) is 60.3 Å². The third-order valence-corrected chi connectivity index (χ3v) is 8.42. The Morgan fingerprint density at radius 2 is 1.88 bits per heavy atom. The van der Waals surface area contributed by atoms with Crippen LogP contribution in [0.2, 0.25) is 0 Å². The summed E-state index contributed by atoms with van der Waals surface area (Å²) in [4.78, 5) is 21.5. The molecule has 2 N–H and O–H groups in total. The molecule has 2 aromatic rings. The van der Waals surface area contributed by atoms with Crippen molar-refractivity contribution in [2.75, 3.05) is 4.90 Å². The summed E-state index contributed by atoms with van der Waals surface area (Å²) in [5, 5.41) is 11.3. The molecule has 5 nitrogen and oxygen atoms in total. The normalized spacial score (nSPS) is 22.1. The fraction of sp³-hybridized carbons (Fsp3) is 0.346. The van der Waals surface area contributed by atoms with Crippen molar-refractivity contribution in [3.63, 3.8) is 0 Å². The van der Waals surface area contributed by atoms with E-state index in [2.05, 4.69) is 11.0 Å². The first kappa shape index (κ1) is 20.4. The number of halogens is 1. The van der Waals surface area contributed by atoms with Gasteiger partial charge in [-0.2, -0.15) is 5.26 Å². The van der Waals surface area contributed by atoms with Crippen LogP contribution in [0.4, 0.5) is 9.39 Å². The number of thiophene rings is 1. The number of amidine groups is 1. The molecule has 1 atom stereocenters. The first-order valence-corrected chi connectivity index (χ1v) is 12.3. The van der Waals surface area contributed by atoms with Crippen LogP contribution in [0, 0.1) is 17.1 Å². The number of aryl methyl sites for hydroxylation is 1. The Hall–Kier alpha value is -3.24. The number of allylic oxidation sites excluding steroid dienone is 3. The number of ketones is 1. The lowest BCUT2D eigenvalue weighted by atomic mass is 9.75. The van der Waals surface area contributed by atoms with Crippen LogP contribution in [-0.2, 0) is 17.6 Å². The van der Waals surface area contributed by atoms with Crippen molar-refractivity contribution in [2.24, 2.45) is 10.7 Å². The van der Waals surface area contributed by atoms with Crippen molar-refractivity contribution in [3.8, 4) is 6.07 Å². The highest BCUT2D eigenvalue weighted by Gasteiger charge is 2.44. The Kier molecular flexibility index (Phi) is 4.73. The summed E-state index contributed by atoms with van der Waals surface area (Å²) in [7, 11) is 0. The molecule has 33 heavy (non-hydrogen) atoms. The van der Waals surface area contributed by atoms with Crippen LogP contribution >= 0.6 is 11.3 Å². The highest BCUT2D eigenvalue weighted by Crippen LogP contribution is 2.52. The van der Waals surface area contributed by atoms with Gasteiger partial charge in [-0.05, 0) is 61.8 Å². The Balaban J connectivity index is 1.62. The van der Waals surface area contributed by atoms with Crippen molar-refractivity contribution < 1.29 is 9.18 Å². The van der Waals surface area contributed by atoms with Crippen molar-refractivity contribution in [3.05, 3.63) is 74.3 Å². The molecule has 1 aromatic carbocycles. The van der Waals surface area contributed by atoms with Gasteiger partial charge in [-0.3, -0.25) is 9.69 Å². The largest absolute Gasteiger partial charge is 0.383 e. The molecule has 4 aliphatic rings. The van der Waals surface area contributed by atoms with Gasteiger partial charge in [-0.15, -0.1) is 11.3 Å². The van der Waals surface area contributed by atoms with E-state index in [4.69, 9.17) is 10.7 Å². The number of nitriles is 1. The quantitative estimate of drug-likeness (QED) is 0.594. The molecular weight excluding hydrogens is 435 g/mol. The van der Waals surface area contributed by atoms with E-state index in [1.165, 1.54) is 29.0 Å². The van der Waals surface area contributed by atoms with Crippen LogP contribution in [-0.4, -0.2) is 11.6 Å². The molecule has 0 spiro atoms. The summed E-state index contributed by atoms with van der Waals surface area (Å²) in [6, 6.07) is 8.42. The Bertz CT molecular complexity index is 1330. The number of hydrogen-bond donors (Lipinski definition) is 1. The predicted octanol–water partition coefficient (Wildman–Crippen LogP) is 5.22. The second-order valence-electron chi connectivity index (χ2n) is 9.05. The minimum absolute atomic E-state index is 0.0552. The molecule has 0 fully saturated rings. The summed E-state index contributed by atoms with van der Waals surface area (Å²) in [6.07, 6.45) is 7.47. The van der Waals surface area contributed by atoms with Gasteiger partial charge < -0.3 is 5.73 Å². The molecule has 0 bridgehead atoms. The Morgan fingerprint density at radius 3 is 2.67 bits per heavy atom. The first-order chi connectivity index (χ1) is 16.1. The molecular formula is C26H23FN4OS. The van der Waals surface area contributed by atoms with Gasteiger partial charge >= 0.3 is 0 Å². The van der Waals surface area contributed by atoms with E-state index in [9.17, 15) is 14.4 Å². The predicted molar refractivity (Wildman–Crippen MR) is 126 cm³/mol. The number of aliphatic imine (C=N–C) groups is 1. The fourth-order valence-electron chi connectivity index (χ4n) is 5.68. The van der Waals surface area contributed by atoms with Crippen LogP contribution in [0.25, 0.3) is 0 Å². The van der Waals surface area contributed by atoms with Crippen molar-refractivity contribution in [1.82, 2.24) is 0 Å². The van der Waals surface area contributed by atoms with Crippen molar-refractivity contribution in [2.45, 2.75) is 57.3 Å². The number of benzene rings is 1. The van der Waals surface area contributed by atoms with E-state index in [1.54, 1.807) is 23.5 Å². The number of carbonyl (C=O) groups excluding carboxylic acids is 1. The van der Waals surface area contributed by atoms with Gasteiger partial charge in [0.1, 0.15) is 16.7 Å². The fourth-order valence-corrected chi connectivity index (χ4v) is 7.11. The molecule has 7 heteroatoms. The minimum Gasteiger partial charge on any atom is -0.383 e. The standard InChI is InChI=1S/C26H23FN4OS/c27-15-11-9-14(10-12-15)21-17(13-28)25-30-24(29)22-16-5-2-1-3-8-20(16)33-26(22)31(25)18-6-4-7-19(32)23(18)21/h9-12,21H,1-8H2,(H2,29,30). The maximum atomic E-state index is 13.7. The summed E-state index contributed by atoms with van der Waals surface area (Å²) < 4.78 is 13.7. The van der Waals surface area contributed by atoms with E-state index >= 15 is 0 Å². The van der Waals surface area contributed by atoms with Gasteiger partial charge in [0.2, 0.25) is 0 Å². The highest BCUT2D eigenvalue weighted by atomic mass is 32.1. The second kappa shape index (κ2) is 7.67. The number of Topliss-reactive ketones (excluding diaryl/α,β-unsaturated/α-hetero) is 1. The Morgan fingerprint density at radius 1 is 1.09 bits per heavy atom. The molecule has 0 saturated heterocycles. The average Bonchev–Trinajstić information content (AvgIpc) is 3.02. The van der Waals surface area contributed by atoms with Gasteiger partial charge in [-0.1, -0.05) is 18.6 Å². The summed E-state index contributed by atoms with van der Waals surface area (Å²) in [5.74, 6) is 0.116. The molecule has 2 aliphatic heterocycles. The first-order valence-electron chi connectivity index (χ1n) is 11.5. The van der Waals surface area contributed by atoms with Gasteiger partial charge in [-0.25, -0.2) is 9.38 Å². The molecule has 0 amide bonds. The maximum Gasteiger partial charge on any atom is 0.161 e. The number of hydrogen-bond acceptors (Lipinski definition) is 6. The summed E-state index contributed by atoms with van der Waals surface area (Å²) in [5.41, 5.74) is 11.5. The van der Waals surface area contributed by atoms with Crippen LogP contribution in [0.3, 0.4) is 0 Å². The number of fused-ring (bicyclic) bond motifs is 6. The lowest BCUT2D eigenvalue weighted by molar-refractivity contribution is -0.116. The van der Waals surface area contributed by atoms with Crippen molar-refractivity contribution >= 4 is 28.0 Å². The van der Waals surface area contributed by atoms with Crippen LogP contribution in [0.15, 0.2) is 51.9 Å². The molecule has 0 radical (unpaired) electrons. The van der Waals surface area contributed by atoms with E-state index in [1.807, 2.05) is 0 Å². The number of rotatable bonds is 1. The minimum atomic E-state index is -0.555. The smallest absolute Gasteiger partial charge is 0.161 e. The maximum absolute atomic E-state index is 13.7. The lowest BCUT2D eigenvalue weighted by Crippen LogP contribution is -2.38. The van der Waals surface area contributed by atoms with Gasteiger partial charge in [0.25, 0.3) is 0 Å². The molecule has 3 heterocycles. The summed E-state index contributed by atoms with van der Waals surface area (Å²) in [6.45, 7) is 0. The van der Waals surface area contributed by atoms with E-state index in [-0.39, 0.29) is 11.6 Å². The van der Waals surface area contributed by atoms with Crippen LogP contribution in [0.5, 0.6) is 0 Å². The summed E-state index contributed by atoms with van der Waals surface area (Å²) >= 11 is 1.74. The zero-order valence-corrected chi connectivity index (χ0v) is 19.0.